The van der Waals surface area contributed by atoms with E-state index in [0.29, 0.717) is 10.7 Å². The van der Waals surface area contributed by atoms with Crippen molar-refractivity contribution in [3.8, 4) is 0 Å². The van der Waals surface area contributed by atoms with Crippen molar-refractivity contribution < 1.29 is 9.59 Å². The van der Waals surface area contributed by atoms with E-state index in [9.17, 15) is 9.59 Å². The second-order valence-electron chi connectivity index (χ2n) is 5.82. The summed E-state index contributed by atoms with van der Waals surface area (Å²) in [5.41, 5.74) is 1.98. The number of amides is 2. The van der Waals surface area contributed by atoms with Crippen molar-refractivity contribution >= 4 is 51.8 Å². The zero-order valence-electron chi connectivity index (χ0n) is 14.4. The first-order valence-corrected chi connectivity index (χ1v) is 9.55. The van der Waals surface area contributed by atoms with Gasteiger partial charge in [-0.25, -0.2) is 0 Å². The lowest BCUT2D eigenvalue weighted by molar-refractivity contribution is -0.116. The molecule has 2 aromatic carbocycles. The maximum absolute atomic E-state index is 12.6. The van der Waals surface area contributed by atoms with Crippen LogP contribution >= 0.6 is 23.4 Å². The van der Waals surface area contributed by atoms with E-state index in [4.69, 9.17) is 11.6 Å². The zero-order chi connectivity index (χ0) is 18.7. The van der Waals surface area contributed by atoms with E-state index >= 15 is 0 Å². The van der Waals surface area contributed by atoms with Gasteiger partial charge in [-0.3, -0.25) is 9.59 Å². The van der Waals surface area contributed by atoms with Crippen molar-refractivity contribution in [2.45, 2.75) is 4.90 Å². The highest BCUT2D eigenvalue weighted by Gasteiger charge is 2.17. The minimum absolute atomic E-state index is 0.0440. The number of rotatable bonds is 5. The van der Waals surface area contributed by atoms with Crippen LogP contribution in [-0.2, 0) is 4.79 Å². The van der Waals surface area contributed by atoms with Gasteiger partial charge in [-0.1, -0.05) is 23.7 Å². The molecule has 0 radical (unpaired) electrons. The zero-order valence-corrected chi connectivity index (χ0v) is 15.9. The number of aromatic nitrogens is 1. The van der Waals surface area contributed by atoms with Crippen molar-refractivity contribution in [2.24, 2.45) is 0 Å². The number of hydrogen-bond donors (Lipinski definition) is 2. The highest BCUT2D eigenvalue weighted by Crippen LogP contribution is 2.24. The number of carbonyl (C=O) groups excluding carboxylic acids is 2. The normalized spacial score (nSPS) is 10.7. The molecule has 2 amide bonds. The molecule has 0 bridgehead atoms. The Kier molecular flexibility index (Phi) is 5.54. The largest absolute Gasteiger partial charge is 0.351 e. The van der Waals surface area contributed by atoms with Crippen LogP contribution in [0.1, 0.15) is 10.5 Å². The van der Waals surface area contributed by atoms with Crippen LogP contribution in [0.25, 0.3) is 10.9 Å². The number of H-pyrrole nitrogens is 1. The Morgan fingerprint density at radius 2 is 1.96 bits per heavy atom. The first-order chi connectivity index (χ1) is 12.5. The first kappa shape index (κ1) is 18.4. The predicted molar refractivity (Wildman–Crippen MR) is 107 cm³/mol. The molecule has 7 heteroatoms. The number of aromatic amines is 1. The van der Waals surface area contributed by atoms with Crippen LogP contribution in [0, 0.1) is 0 Å². The molecule has 3 aromatic rings. The summed E-state index contributed by atoms with van der Waals surface area (Å²) in [5.74, 6) is -0.507. The second kappa shape index (κ2) is 7.85. The molecule has 0 unspecified atom stereocenters. The number of halogens is 1. The van der Waals surface area contributed by atoms with Crippen LogP contribution in [-0.4, -0.2) is 41.5 Å². The van der Waals surface area contributed by atoms with E-state index in [1.807, 2.05) is 36.6 Å². The number of nitrogens with zero attached hydrogens (tertiary/aromatic N) is 1. The number of anilines is 1. The third-order valence-corrected chi connectivity index (χ3v) is 4.95. The van der Waals surface area contributed by atoms with E-state index in [2.05, 4.69) is 10.3 Å². The Morgan fingerprint density at radius 3 is 2.73 bits per heavy atom. The van der Waals surface area contributed by atoms with Gasteiger partial charge in [0.1, 0.15) is 5.69 Å². The quantitative estimate of drug-likeness (QED) is 0.643. The van der Waals surface area contributed by atoms with Crippen LogP contribution in [0.2, 0.25) is 5.02 Å². The average Bonchev–Trinajstić information content (AvgIpc) is 3.04. The number of fused-ring (bicyclic) bond motifs is 1. The van der Waals surface area contributed by atoms with Gasteiger partial charge in [0.05, 0.1) is 12.2 Å². The summed E-state index contributed by atoms with van der Waals surface area (Å²) < 4.78 is 0. The van der Waals surface area contributed by atoms with Crippen molar-refractivity contribution in [1.82, 2.24) is 9.88 Å². The number of thioether (sulfide) groups is 1. The fourth-order valence-electron chi connectivity index (χ4n) is 2.65. The van der Waals surface area contributed by atoms with Gasteiger partial charge in [0.15, 0.2) is 0 Å². The second-order valence-corrected chi connectivity index (χ2v) is 7.11. The van der Waals surface area contributed by atoms with Gasteiger partial charge in [-0.05, 0) is 42.7 Å². The number of carbonyl (C=O) groups is 2. The number of likely N-dealkylation sites (N-methyl/N-ethyl adjacent to an activating group) is 1. The van der Waals surface area contributed by atoms with Gasteiger partial charge in [0.25, 0.3) is 5.91 Å². The first-order valence-electron chi connectivity index (χ1n) is 7.94. The van der Waals surface area contributed by atoms with Crippen molar-refractivity contribution in [2.75, 3.05) is 25.2 Å². The maximum atomic E-state index is 12.6. The SMILES string of the molecule is CSc1ccccc1NC(=O)CN(C)C(=O)c1cc2cc(Cl)ccc2[nH]1. The lowest BCUT2D eigenvalue weighted by atomic mass is 10.2. The van der Waals surface area contributed by atoms with Gasteiger partial charge < -0.3 is 15.2 Å². The van der Waals surface area contributed by atoms with Gasteiger partial charge in [0, 0.05) is 27.9 Å². The highest BCUT2D eigenvalue weighted by atomic mass is 35.5. The number of nitrogens with one attached hydrogen (secondary N) is 2. The fourth-order valence-corrected chi connectivity index (χ4v) is 3.38. The van der Waals surface area contributed by atoms with E-state index in [1.165, 1.54) is 4.90 Å². The third-order valence-electron chi connectivity index (χ3n) is 3.92. The Balaban J connectivity index is 1.69. The van der Waals surface area contributed by atoms with Crippen LogP contribution in [0.15, 0.2) is 53.4 Å². The summed E-state index contributed by atoms with van der Waals surface area (Å²) in [6.45, 7) is -0.0440. The van der Waals surface area contributed by atoms with E-state index in [1.54, 1.807) is 37.0 Å². The average molecular weight is 388 g/mol. The molecule has 1 heterocycles. The molecule has 26 heavy (non-hydrogen) atoms. The van der Waals surface area contributed by atoms with Gasteiger partial charge in [-0.2, -0.15) is 0 Å². The minimum Gasteiger partial charge on any atom is -0.351 e. The molecular weight excluding hydrogens is 370 g/mol. The number of hydrogen-bond acceptors (Lipinski definition) is 3. The van der Waals surface area contributed by atoms with Crippen molar-refractivity contribution in [3.63, 3.8) is 0 Å². The molecule has 3 rings (SSSR count). The summed E-state index contributed by atoms with van der Waals surface area (Å²) in [5, 5.41) is 4.31. The maximum Gasteiger partial charge on any atom is 0.270 e. The molecule has 2 N–H and O–H groups in total. The van der Waals surface area contributed by atoms with Crippen LogP contribution in [0.5, 0.6) is 0 Å². The van der Waals surface area contributed by atoms with Gasteiger partial charge >= 0.3 is 0 Å². The van der Waals surface area contributed by atoms with E-state index in [-0.39, 0.29) is 18.4 Å². The summed E-state index contributed by atoms with van der Waals surface area (Å²) in [6.07, 6.45) is 1.95. The van der Waals surface area contributed by atoms with E-state index in [0.717, 1.165) is 21.5 Å². The molecule has 0 aliphatic heterocycles. The molecule has 0 aliphatic carbocycles. The minimum atomic E-state index is -0.259. The van der Waals surface area contributed by atoms with Crippen LogP contribution in [0.4, 0.5) is 5.69 Å². The Bertz CT molecular complexity index is 970. The fraction of sp³-hybridized carbons (Fsp3) is 0.158. The molecule has 0 saturated carbocycles. The monoisotopic (exact) mass is 387 g/mol. The molecule has 5 nitrogen and oxygen atoms in total. The highest BCUT2D eigenvalue weighted by molar-refractivity contribution is 7.98. The summed E-state index contributed by atoms with van der Waals surface area (Å²) in [4.78, 5) is 30.3. The van der Waals surface area contributed by atoms with Crippen LogP contribution in [0.3, 0.4) is 0 Å². The predicted octanol–water partition coefficient (Wildman–Crippen LogP) is 4.25. The molecule has 0 aliphatic rings. The lowest BCUT2D eigenvalue weighted by Gasteiger charge is -2.16. The van der Waals surface area contributed by atoms with Gasteiger partial charge in [-0.15, -0.1) is 11.8 Å². The summed E-state index contributed by atoms with van der Waals surface area (Å²) in [7, 11) is 1.60. The smallest absolute Gasteiger partial charge is 0.270 e. The topological polar surface area (TPSA) is 65.2 Å². The van der Waals surface area contributed by atoms with Gasteiger partial charge in [0.2, 0.25) is 5.91 Å². The molecule has 0 spiro atoms. The lowest BCUT2D eigenvalue weighted by Crippen LogP contribution is -2.35. The Hall–Kier alpha value is -2.44. The van der Waals surface area contributed by atoms with Crippen molar-refractivity contribution in [3.05, 3.63) is 59.2 Å². The van der Waals surface area contributed by atoms with Crippen LogP contribution < -0.4 is 5.32 Å². The Labute approximate surface area is 160 Å². The third kappa shape index (κ3) is 4.03. The molecule has 0 fully saturated rings. The molecule has 1 aromatic heterocycles. The standard InChI is InChI=1S/C19H18ClN3O2S/c1-23(11-18(24)22-15-5-3-4-6-17(15)26-2)19(25)16-10-12-9-13(20)7-8-14(12)21-16/h3-10,21H,11H2,1-2H3,(H,22,24). The molecule has 0 saturated heterocycles. The molecular formula is C19H18ClN3O2S. The Morgan fingerprint density at radius 1 is 1.19 bits per heavy atom. The number of benzene rings is 2. The molecule has 134 valence electrons. The summed E-state index contributed by atoms with van der Waals surface area (Å²) in [6, 6.07) is 14.7. The van der Waals surface area contributed by atoms with E-state index < -0.39 is 0 Å². The summed E-state index contributed by atoms with van der Waals surface area (Å²) >= 11 is 7.53. The number of para-hydroxylation sites is 1. The van der Waals surface area contributed by atoms with Crippen molar-refractivity contribution in [1.29, 1.82) is 0 Å². The molecule has 0 atom stereocenters.